The quantitative estimate of drug-likeness (QED) is 0.670. The van der Waals surface area contributed by atoms with E-state index in [2.05, 4.69) is 4.98 Å². The van der Waals surface area contributed by atoms with E-state index in [0.29, 0.717) is 11.3 Å². The van der Waals surface area contributed by atoms with Gasteiger partial charge in [-0.25, -0.2) is 9.78 Å². The van der Waals surface area contributed by atoms with Gasteiger partial charge in [-0.15, -0.1) is 0 Å². The molecule has 2 rings (SSSR count). The van der Waals surface area contributed by atoms with Gasteiger partial charge in [-0.2, -0.15) is 0 Å². The number of pyridine rings is 1. The molecule has 19 heavy (non-hydrogen) atoms. The Morgan fingerprint density at radius 3 is 2.63 bits per heavy atom. The van der Waals surface area contributed by atoms with E-state index in [9.17, 15) is 4.79 Å². The molecule has 1 heterocycles. The fraction of sp³-hybridized carbons (Fsp3) is 0.571. The van der Waals surface area contributed by atoms with Crippen LogP contribution in [0.15, 0.2) is 12.3 Å². The van der Waals surface area contributed by atoms with E-state index >= 15 is 0 Å². The van der Waals surface area contributed by atoms with Crippen molar-refractivity contribution in [1.82, 2.24) is 4.98 Å². The van der Waals surface area contributed by atoms with E-state index in [1.165, 1.54) is 45.1 Å². The van der Waals surface area contributed by atoms with Crippen LogP contribution in [0.5, 0.6) is 5.75 Å². The van der Waals surface area contributed by atoms with Crippen molar-refractivity contribution in [1.29, 1.82) is 0 Å². The highest BCUT2D eigenvalue weighted by molar-refractivity contribution is 5.93. The summed E-state index contributed by atoms with van der Waals surface area (Å²) >= 11 is 0. The number of nitrogens with zero attached hydrogens (tertiary/aromatic N) is 1. The number of nitrogens with two attached hydrogens (primary N) is 1. The number of rotatable bonds is 3. The summed E-state index contributed by atoms with van der Waals surface area (Å²) in [4.78, 5) is 15.7. The van der Waals surface area contributed by atoms with Crippen molar-refractivity contribution in [2.45, 2.75) is 44.6 Å². The molecule has 5 heteroatoms. The molecule has 1 aliphatic rings. The van der Waals surface area contributed by atoms with Crippen LogP contribution < -0.4 is 10.5 Å². The van der Waals surface area contributed by atoms with Gasteiger partial charge in [-0.3, -0.25) is 0 Å². The third-order valence-corrected chi connectivity index (χ3v) is 3.39. The second kappa shape index (κ2) is 6.41. The molecule has 0 saturated heterocycles. The Bertz CT molecular complexity index is 440. The van der Waals surface area contributed by atoms with Crippen LogP contribution in [0.2, 0.25) is 0 Å². The van der Waals surface area contributed by atoms with Crippen molar-refractivity contribution in [3.8, 4) is 5.75 Å². The average molecular weight is 264 g/mol. The highest BCUT2D eigenvalue weighted by Crippen LogP contribution is 2.26. The van der Waals surface area contributed by atoms with Crippen LogP contribution in [-0.2, 0) is 4.74 Å². The first-order chi connectivity index (χ1) is 9.20. The zero-order chi connectivity index (χ0) is 13.7. The van der Waals surface area contributed by atoms with E-state index in [1.807, 2.05) is 0 Å². The molecule has 2 N–H and O–H groups in total. The minimum atomic E-state index is -0.447. The van der Waals surface area contributed by atoms with Gasteiger partial charge in [0.05, 0.1) is 19.4 Å². The second-order valence-corrected chi connectivity index (χ2v) is 4.83. The average Bonchev–Trinajstić information content (AvgIpc) is 2.68. The lowest BCUT2D eigenvalue weighted by molar-refractivity contribution is 0.0592. The third kappa shape index (κ3) is 3.59. The Balaban J connectivity index is 2.16. The van der Waals surface area contributed by atoms with Crippen molar-refractivity contribution < 1.29 is 14.3 Å². The fourth-order valence-electron chi connectivity index (χ4n) is 2.36. The van der Waals surface area contributed by atoms with Crippen molar-refractivity contribution in [2.24, 2.45) is 0 Å². The molecule has 1 aromatic rings. The number of nitrogen functional groups attached to an aromatic ring is 1. The van der Waals surface area contributed by atoms with E-state index in [1.54, 1.807) is 0 Å². The van der Waals surface area contributed by atoms with Gasteiger partial charge in [-0.1, -0.05) is 12.8 Å². The largest absolute Gasteiger partial charge is 0.488 e. The summed E-state index contributed by atoms with van der Waals surface area (Å²) in [7, 11) is 1.34. The normalized spacial score (nSPS) is 16.7. The van der Waals surface area contributed by atoms with Crippen molar-refractivity contribution >= 4 is 11.8 Å². The van der Waals surface area contributed by atoms with Gasteiger partial charge in [0.25, 0.3) is 0 Å². The lowest BCUT2D eigenvalue weighted by Gasteiger charge is -2.18. The molecule has 1 saturated carbocycles. The van der Waals surface area contributed by atoms with Crippen LogP contribution in [0.1, 0.15) is 48.9 Å². The molecule has 1 fully saturated rings. The molecule has 104 valence electrons. The van der Waals surface area contributed by atoms with Gasteiger partial charge < -0.3 is 15.2 Å². The van der Waals surface area contributed by atoms with E-state index in [0.717, 1.165) is 12.8 Å². The first kappa shape index (κ1) is 13.6. The maximum absolute atomic E-state index is 11.7. The molecular formula is C14H20N2O3. The van der Waals surface area contributed by atoms with Gasteiger partial charge in [0.15, 0.2) is 5.75 Å². The van der Waals surface area contributed by atoms with Crippen molar-refractivity contribution in [3.05, 3.63) is 17.8 Å². The zero-order valence-electron chi connectivity index (χ0n) is 11.2. The van der Waals surface area contributed by atoms with Gasteiger partial charge in [0, 0.05) is 0 Å². The maximum atomic E-state index is 11.7. The minimum absolute atomic E-state index is 0.149. The fourth-order valence-corrected chi connectivity index (χ4v) is 2.36. The number of carbonyl (C=O) groups excluding carboxylic acids is 1. The van der Waals surface area contributed by atoms with Crippen LogP contribution >= 0.6 is 0 Å². The highest BCUT2D eigenvalue weighted by atomic mass is 16.5. The number of hydrogen-bond donors (Lipinski definition) is 1. The van der Waals surface area contributed by atoms with Gasteiger partial charge >= 0.3 is 5.97 Å². The van der Waals surface area contributed by atoms with Crippen molar-refractivity contribution in [2.75, 3.05) is 12.8 Å². The SMILES string of the molecule is COC(=O)c1cc(N)ncc1OC1CCCCCC1. The molecule has 0 atom stereocenters. The van der Waals surface area contributed by atoms with Gasteiger partial charge in [0.2, 0.25) is 0 Å². The summed E-state index contributed by atoms with van der Waals surface area (Å²) < 4.78 is 10.7. The number of anilines is 1. The summed E-state index contributed by atoms with van der Waals surface area (Å²) in [5.74, 6) is 0.305. The standard InChI is InChI=1S/C14H20N2O3/c1-18-14(17)11-8-13(15)16-9-12(11)19-10-6-4-2-3-5-7-10/h8-10H,2-7H2,1H3,(H2,15,16). The first-order valence-corrected chi connectivity index (χ1v) is 6.71. The summed E-state index contributed by atoms with van der Waals surface area (Å²) in [5, 5.41) is 0. The molecule has 1 aliphatic carbocycles. The van der Waals surface area contributed by atoms with Crippen LogP contribution in [0.25, 0.3) is 0 Å². The van der Waals surface area contributed by atoms with Crippen LogP contribution in [0.4, 0.5) is 5.82 Å². The molecule has 0 aromatic carbocycles. The predicted octanol–water partition coefficient (Wildman–Crippen LogP) is 2.55. The van der Waals surface area contributed by atoms with E-state index in [-0.39, 0.29) is 11.9 Å². The van der Waals surface area contributed by atoms with Gasteiger partial charge in [0.1, 0.15) is 11.4 Å². The molecule has 1 aromatic heterocycles. The molecule has 0 radical (unpaired) electrons. The molecular weight excluding hydrogens is 244 g/mol. The Labute approximate surface area is 113 Å². The van der Waals surface area contributed by atoms with Crippen molar-refractivity contribution in [3.63, 3.8) is 0 Å². The Morgan fingerprint density at radius 1 is 1.32 bits per heavy atom. The Kier molecular flexibility index (Phi) is 4.60. The molecule has 0 amide bonds. The molecule has 0 spiro atoms. The van der Waals surface area contributed by atoms with Crippen LogP contribution in [0, 0.1) is 0 Å². The third-order valence-electron chi connectivity index (χ3n) is 3.39. The number of aromatic nitrogens is 1. The first-order valence-electron chi connectivity index (χ1n) is 6.71. The minimum Gasteiger partial charge on any atom is -0.488 e. The molecule has 0 aliphatic heterocycles. The molecule has 5 nitrogen and oxygen atoms in total. The highest BCUT2D eigenvalue weighted by Gasteiger charge is 2.19. The zero-order valence-corrected chi connectivity index (χ0v) is 11.2. The number of hydrogen-bond acceptors (Lipinski definition) is 5. The topological polar surface area (TPSA) is 74.4 Å². The van der Waals surface area contributed by atoms with Crippen LogP contribution in [-0.4, -0.2) is 24.2 Å². The van der Waals surface area contributed by atoms with Crippen LogP contribution in [0.3, 0.4) is 0 Å². The monoisotopic (exact) mass is 264 g/mol. The molecule has 0 unspecified atom stereocenters. The summed E-state index contributed by atoms with van der Waals surface area (Å²) in [6.45, 7) is 0. The van der Waals surface area contributed by atoms with E-state index < -0.39 is 5.97 Å². The number of methoxy groups -OCH3 is 1. The Hall–Kier alpha value is -1.78. The summed E-state index contributed by atoms with van der Waals surface area (Å²) in [5.41, 5.74) is 5.95. The summed E-state index contributed by atoms with van der Waals surface area (Å²) in [6.07, 6.45) is 8.54. The van der Waals surface area contributed by atoms with Gasteiger partial charge in [-0.05, 0) is 31.7 Å². The summed E-state index contributed by atoms with van der Waals surface area (Å²) in [6, 6.07) is 1.50. The number of carbonyl (C=O) groups is 1. The molecule has 0 bridgehead atoms. The second-order valence-electron chi connectivity index (χ2n) is 4.83. The lowest BCUT2D eigenvalue weighted by Crippen LogP contribution is -2.18. The Morgan fingerprint density at radius 2 is 2.00 bits per heavy atom. The predicted molar refractivity (Wildman–Crippen MR) is 72.1 cm³/mol. The smallest absolute Gasteiger partial charge is 0.341 e. The number of esters is 1. The maximum Gasteiger partial charge on any atom is 0.341 e. The lowest BCUT2D eigenvalue weighted by atomic mass is 10.1. The van der Waals surface area contributed by atoms with E-state index in [4.69, 9.17) is 15.2 Å². The number of ether oxygens (including phenoxy) is 2.